The molecular formula is C23H32ClN5O2. The largest absolute Gasteiger partial charge is 0.489 e. The molecule has 0 saturated heterocycles. The standard InChI is InChI=1S/C23H32ClN5O2/c1-17(31-21-10-8-20(24)9-11-21)15-27-23(25-2)28-16-18-6-5-7-19(14-18)22(30)26-12-13-29(3)4/h5-11,14,17H,12-13,15-16H2,1-4H3,(H,26,30)(H2,25,27,28). The van der Waals surface area contributed by atoms with Gasteiger partial charge in [0.2, 0.25) is 0 Å². The lowest BCUT2D eigenvalue weighted by Gasteiger charge is -2.18. The number of guanidine groups is 1. The van der Waals surface area contributed by atoms with Crippen molar-refractivity contribution in [2.24, 2.45) is 4.99 Å². The van der Waals surface area contributed by atoms with Crippen LogP contribution in [0, 0.1) is 0 Å². The molecule has 0 aromatic heterocycles. The molecule has 31 heavy (non-hydrogen) atoms. The summed E-state index contributed by atoms with van der Waals surface area (Å²) in [4.78, 5) is 18.6. The Morgan fingerprint density at radius 3 is 2.55 bits per heavy atom. The molecule has 2 aromatic carbocycles. The van der Waals surface area contributed by atoms with Gasteiger partial charge in [-0.15, -0.1) is 0 Å². The van der Waals surface area contributed by atoms with Gasteiger partial charge in [-0.3, -0.25) is 9.79 Å². The first-order valence-electron chi connectivity index (χ1n) is 10.3. The molecule has 8 heteroatoms. The van der Waals surface area contributed by atoms with Crippen molar-refractivity contribution in [3.63, 3.8) is 0 Å². The maximum atomic E-state index is 12.3. The maximum Gasteiger partial charge on any atom is 0.251 e. The van der Waals surface area contributed by atoms with Gasteiger partial charge in [-0.2, -0.15) is 0 Å². The highest BCUT2D eigenvalue weighted by Crippen LogP contribution is 2.16. The molecule has 1 amide bonds. The number of ether oxygens (including phenoxy) is 1. The van der Waals surface area contributed by atoms with Crippen LogP contribution in [0.4, 0.5) is 0 Å². The molecule has 1 atom stereocenters. The van der Waals surface area contributed by atoms with Crippen molar-refractivity contribution in [3.8, 4) is 5.75 Å². The Bertz CT molecular complexity index is 855. The SMILES string of the molecule is CN=C(NCc1cccc(C(=O)NCCN(C)C)c1)NCC(C)Oc1ccc(Cl)cc1. The lowest BCUT2D eigenvalue weighted by atomic mass is 10.1. The fraction of sp³-hybridized carbons (Fsp3) is 0.391. The van der Waals surface area contributed by atoms with Gasteiger partial charge in [0.1, 0.15) is 11.9 Å². The third-order valence-corrected chi connectivity index (χ3v) is 4.68. The number of carbonyl (C=O) groups excluding carboxylic acids is 1. The number of benzene rings is 2. The van der Waals surface area contributed by atoms with Crippen molar-refractivity contribution in [2.45, 2.75) is 19.6 Å². The molecule has 168 valence electrons. The van der Waals surface area contributed by atoms with Crippen LogP contribution in [0.5, 0.6) is 5.75 Å². The summed E-state index contributed by atoms with van der Waals surface area (Å²) in [6.07, 6.45) is -0.0612. The highest BCUT2D eigenvalue weighted by molar-refractivity contribution is 6.30. The highest BCUT2D eigenvalue weighted by atomic mass is 35.5. The third kappa shape index (κ3) is 9.27. The Balaban J connectivity index is 1.79. The molecule has 0 heterocycles. The molecular weight excluding hydrogens is 414 g/mol. The van der Waals surface area contributed by atoms with Crippen LogP contribution in [-0.2, 0) is 6.54 Å². The molecule has 0 aliphatic rings. The highest BCUT2D eigenvalue weighted by Gasteiger charge is 2.08. The van der Waals surface area contributed by atoms with Crippen LogP contribution in [0.25, 0.3) is 0 Å². The molecule has 2 rings (SSSR count). The number of halogens is 1. The molecule has 0 spiro atoms. The molecule has 0 aliphatic carbocycles. The summed E-state index contributed by atoms with van der Waals surface area (Å²) in [5.41, 5.74) is 1.64. The van der Waals surface area contributed by atoms with Crippen LogP contribution in [0.2, 0.25) is 5.02 Å². The first-order chi connectivity index (χ1) is 14.9. The molecule has 0 radical (unpaired) electrons. The van der Waals surface area contributed by atoms with Gasteiger partial charge in [-0.05, 0) is 63.0 Å². The van der Waals surface area contributed by atoms with Crippen molar-refractivity contribution in [3.05, 3.63) is 64.7 Å². The molecule has 7 nitrogen and oxygen atoms in total. The Morgan fingerprint density at radius 2 is 1.87 bits per heavy atom. The van der Waals surface area contributed by atoms with Crippen molar-refractivity contribution in [2.75, 3.05) is 40.8 Å². The number of nitrogens with zero attached hydrogens (tertiary/aromatic N) is 2. The number of amides is 1. The monoisotopic (exact) mass is 445 g/mol. The second kappa shape index (κ2) is 12.8. The molecule has 0 aliphatic heterocycles. The molecule has 2 aromatic rings. The van der Waals surface area contributed by atoms with Crippen LogP contribution in [0.1, 0.15) is 22.8 Å². The number of hydrogen-bond donors (Lipinski definition) is 3. The summed E-state index contributed by atoms with van der Waals surface area (Å²) < 4.78 is 5.86. The van der Waals surface area contributed by atoms with Gasteiger partial charge in [-0.1, -0.05) is 23.7 Å². The van der Waals surface area contributed by atoms with E-state index in [1.807, 2.05) is 62.3 Å². The van der Waals surface area contributed by atoms with Crippen LogP contribution in [-0.4, -0.2) is 63.6 Å². The van der Waals surface area contributed by atoms with Gasteiger partial charge in [-0.25, -0.2) is 0 Å². The summed E-state index contributed by atoms with van der Waals surface area (Å²) in [5.74, 6) is 1.36. The first-order valence-corrected chi connectivity index (χ1v) is 10.6. The van der Waals surface area contributed by atoms with Crippen molar-refractivity contribution >= 4 is 23.5 Å². The Labute approximate surface area is 189 Å². The quantitative estimate of drug-likeness (QED) is 0.387. The average Bonchev–Trinajstić information content (AvgIpc) is 2.75. The van der Waals surface area contributed by atoms with Gasteiger partial charge >= 0.3 is 0 Å². The minimum absolute atomic E-state index is 0.0612. The summed E-state index contributed by atoms with van der Waals surface area (Å²) in [6.45, 7) is 4.52. The second-order valence-electron chi connectivity index (χ2n) is 7.45. The Kier molecular flexibility index (Phi) is 10.1. The maximum absolute atomic E-state index is 12.3. The minimum atomic E-state index is -0.0700. The topological polar surface area (TPSA) is 78.0 Å². The average molecular weight is 446 g/mol. The van der Waals surface area contributed by atoms with E-state index >= 15 is 0 Å². The van der Waals surface area contributed by atoms with Crippen molar-refractivity contribution in [1.82, 2.24) is 20.9 Å². The van der Waals surface area contributed by atoms with E-state index in [0.717, 1.165) is 17.9 Å². The zero-order valence-corrected chi connectivity index (χ0v) is 19.4. The summed E-state index contributed by atoms with van der Waals surface area (Å²) in [5, 5.41) is 10.1. The van der Waals surface area contributed by atoms with E-state index in [1.165, 1.54) is 0 Å². The van der Waals surface area contributed by atoms with Crippen molar-refractivity contribution < 1.29 is 9.53 Å². The van der Waals surface area contributed by atoms with Gasteiger partial charge in [0, 0.05) is 37.3 Å². The lowest BCUT2D eigenvalue weighted by Crippen LogP contribution is -2.41. The number of carbonyl (C=O) groups is 1. The van der Waals surface area contributed by atoms with E-state index in [0.29, 0.717) is 36.2 Å². The van der Waals surface area contributed by atoms with E-state index in [1.54, 1.807) is 19.2 Å². The lowest BCUT2D eigenvalue weighted by molar-refractivity contribution is 0.0951. The second-order valence-corrected chi connectivity index (χ2v) is 7.89. The van der Waals surface area contributed by atoms with Gasteiger partial charge < -0.3 is 25.6 Å². The number of likely N-dealkylation sites (N-methyl/N-ethyl adjacent to an activating group) is 1. The normalized spacial score (nSPS) is 12.4. The van der Waals surface area contributed by atoms with E-state index in [2.05, 4.69) is 20.9 Å². The zero-order valence-electron chi connectivity index (χ0n) is 18.6. The van der Waals surface area contributed by atoms with Crippen LogP contribution >= 0.6 is 11.6 Å². The summed E-state index contributed by atoms with van der Waals surface area (Å²) in [7, 11) is 5.67. The van der Waals surface area contributed by atoms with Crippen LogP contribution in [0.3, 0.4) is 0 Å². The minimum Gasteiger partial charge on any atom is -0.489 e. The van der Waals surface area contributed by atoms with E-state index in [4.69, 9.17) is 16.3 Å². The summed E-state index contributed by atoms with van der Waals surface area (Å²) in [6, 6.07) is 14.8. The van der Waals surface area contributed by atoms with E-state index in [-0.39, 0.29) is 12.0 Å². The third-order valence-electron chi connectivity index (χ3n) is 4.43. The van der Waals surface area contributed by atoms with Gasteiger partial charge in [0.15, 0.2) is 5.96 Å². The van der Waals surface area contributed by atoms with Crippen LogP contribution in [0.15, 0.2) is 53.5 Å². The number of hydrogen-bond acceptors (Lipinski definition) is 4. The van der Waals surface area contributed by atoms with Gasteiger partial charge in [0.25, 0.3) is 5.91 Å². The fourth-order valence-electron chi connectivity index (χ4n) is 2.75. The fourth-order valence-corrected chi connectivity index (χ4v) is 2.88. The number of rotatable bonds is 10. The molecule has 0 fully saturated rings. The first kappa shape index (κ1) is 24.5. The zero-order chi connectivity index (χ0) is 22.6. The predicted octanol–water partition coefficient (Wildman–Crippen LogP) is 2.76. The van der Waals surface area contributed by atoms with Gasteiger partial charge in [0.05, 0.1) is 6.54 Å². The number of aliphatic imine (C=N–C) groups is 1. The Morgan fingerprint density at radius 1 is 1.13 bits per heavy atom. The Hall–Kier alpha value is -2.77. The smallest absolute Gasteiger partial charge is 0.251 e. The molecule has 3 N–H and O–H groups in total. The van der Waals surface area contributed by atoms with E-state index < -0.39 is 0 Å². The van der Waals surface area contributed by atoms with Crippen LogP contribution < -0.4 is 20.7 Å². The number of nitrogens with one attached hydrogen (secondary N) is 3. The van der Waals surface area contributed by atoms with Crippen molar-refractivity contribution in [1.29, 1.82) is 0 Å². The summed E-state index contributed by atoms with van der Waals surface area (Å²) >= 11 is 5.90. The molecule has 1 unspecified atom stereocenters. The predicted molar refractivity (Wildman–Crippen MR) is 127 cm³/mol. The molecule has 0 saturated carbocycles. The van der Waals surface area contributed by atoms with E-state index in [9.17, 15) is 4.79 Å². The molecule has 0 bridgehead atoms.